The Bertz CT molecular complexity index is 864. The number of fused-ring (bicyclic) bond motifs is 1. The number of hydrogen-bond donors (Lipinski definition) is 3. The molecular weight excluding hydrogens is 296 g/mol. The molecule has 0 aliphatic heterocycles. The molecule has 1 amide bonds. The minimum absolute atomic E-state index is 0.0228. The lowest BCUT2D eigenvalue weighted by Gasteiger charge is -2.16. The molecule has 1 atom stereocenters. The summed E-state index contributed by atoms with van der Waals surface area (Å²) in [5, 5.41) is 3.31. The van der Waals surface area contributed by atoms with Crippen LogP contribution in [0, 0.1) is 5.92 Å². The normalized spacial score (nSPS) is 15.6. The molecule has 1 aliphatic rings. The van der Waals surface area contributed by atoms with E-state index in [0.29, 0.717) is 35.5 Å². The molecule has 1 aliphatic carbocycles. The van der Waals surface area contributed by atoms with Crippen molar-refractivity contribution >= 4 is 16.8 Å². The fourth-order valence-corrected chi connectivity index (χ4v) is 2.80. The van der Waals surface area contributed by atoms with Crippen molar-refractivity contribution in [2.75, 3.05) is 6.54 Å². The van der Waals surface area contributed by atoms with Gasteiger partial charge in [-0.05, 0) is 43.9 Å². The summed E-state index contributed by atoms with van der Waals surface area (Å²) in [5.41, 5.74) is 5.65. The molecule has 1 fully saturated rings. The molecule has 1 unspecified atom stereocenters. The summed E-state index contributed by atoms with van der Waals surface area (Å²) in [6, 6.07) is 4.68. The Labute approximate surface area is 132 Å². The van der Waals surface area contributed by atoms with Gasteiger partial charge >= 0.3 is 5.69 Å². The number of carbonyl (C=O) groups is 1. The van der Waals surface area contributed by atoms with Gasteiger partial charge < -0.3 is 16.0 Å². The van der Waals surface area contributed by atoms with E-state index >= 15 is 0 Å². The molecule has 23 heavy (non-hydrogen) atoms. The lowest BCUT2D eigenvalue weighted by atomic mass is 10.1. The average molecular weight is 316 g/mol. The van der Waals surface area contributed by atoms with E-state index in [9.17, 15) is 14.4 Å². The first-order valence-corrected chi connectivity index (χ1v) is 7.83. The van der Waals surface area contributed by atoms with Crippen LogP contribution in [0.4, 0.5) is 0 Å². The van der Waals surface area contributed by atoms with Gasteiger partial charge in [-0.1, -0.05) is 0 Å². The molecule has 4 N–H and O–H groups in total. The Morgan fingerprint density at radius 1 is 1.43 bits per heavy atom. The van der Waals surface area contributed by atoms with Crippen molar-refractivity contribution in [3.05, 3.63) is 44.6 Å². The quantitative estimate of drug-likeness (QED) is 0.730. The van der Waals surface area contributed by atoms with E-state index in [0.717, 1.165) is 17.4 Å². The number of nitrogens with zero attached hydrogens (tertiary/aromatic N) is 1. The van der Waals surface area contributed by atoms with Crippen molar-refractivity contribution in [2.45, 2.75) is 32.4 Å². The second-order valence-electron chi connectivity index (χ2n) is 5.89. The summed E-state index contributed by atoms with van der Waals surface area (Å²) >= 11 is 0. The third kappa shape index (κ3) is 2.92. The lowest BCUT2D eigenvalue weighted by Crippen LogP contribution is -2.41. The first kappa shape index (κ1) is 15.5. The average Bonchev–Trinajstić information content (AvgIpc) is 3.37. The zero-order valence-corrected chi connectivity index (χ0v) is 13.0. The Kier molecular flexibility index (Phi) is 4.04. The van der Waals surface area contributed by atoms with E-state index < -0.39 is 5.69 Å². The van der Waals surface area contributed by atoms with Crippen molar-refractivity contribution in [2.24, 2.45) is 11.7 Å². The van der Waals surface area contributed by atoms with Gasteiger partial charge in [0.05, 0.1) is 10.9 Å². The number of benzene rings is 1. The Morgan fingerprint density at radius 3 is 2.78 bits per heavy atom. The zero-order chi connectivity index (χ0) is 16.6. The summed E-state index contributed by atoms with van der Waals surface area (Å²) in [6.07, 6.45) is 2.17. The second kappa shape index (κ2) is 6.00. The summed E-state index contributed by atoms with van der Waals surface area (Å²) in [7, 11) is 0. The highest BCUT2D eigenvalue weighted by Crippen LogP contribution is 2.32. The van der Waals surface area contributed by atoms with Gasteiger partial charge in [0, 0.05) is 24.7 Å². The van der Waals surface area contributed by atoms with Gasteiger partial charge in [-0.3, -0.25) is 14.2 Å². The lowest BCUT2D eigenvalue weighted by molar-refractivity contribution is 0.0933. The van der Waals surface area contributed by atoms with Crippen LogP contribution < -0.4 is 22.3 Å². The zero-order valence-electron chi connectivity index (χ0n) is 13.0. The maximum Gasteiger partial charge on any atom is 0.328 e. The summed E-state index contributed by atoms with van der Waals surface area (Å²) in [5.74, 6) is 0.218. The van der Waals surface area contributed by atoms with Crippen molar-refractivity contribution in [1.29, 1.82) is 0 Å². The number of amides is 1. The molecule has 1 heterocycles. The van der Waals surface area contributed by atoms with E-state index in [1.165, 1.54) is 6.07 Å². The van der Waals surface area contributed by atoms with Gasteiger partial charge in [0.1, 0.15) is 0 Å². The second-order valence-corrected chi connectivity index (χ2v) is 5.89. The fourth-order valence-electron chi connectivity index (χ4n) is 2.80. The predicted molar refractivity (Wildman–Crippen MR) is 87.5 cm³/mol. The van der Waals surface area contributed by atoms with E-state index in [4.69, 9.17) is 5.73 Å². The third-order valence-corrected chi connectivity index (χ3v) is 4.32. The molecule has 0 bridgehead atoms. The number of aromatic amines is 1. The third-order valence-electron chi connectivity index (χ3n) is 4.32. The van der Waals surface area contributed by atoms with Crippen LogP contribution in [-0.2, 0) is 6.54 Å². The Hall–Kier alpha value is -2.41. The molecule has 1 saturated carbocycles. The first-order chi connectivity index (χ1) is 11.0. The van der Waals surface area contributed by atoms with E-state index in [-0.39, 0.29) is 17.5 Å². The SMILES string of the molecule is CCn1c(=O)[nH]c2cc(C(=O)NC(CN)C3CC3)ccc2c1=O. The molecule has 3 rings (SSSR count). The molecule has 0 radical (unpaired) electrons. The monoisotopic (exact) mass is 316 g/mol. The Morgan fingerprint density at radius 2 is 2.17 bits per heavy atom. The van der Waals surface area contributed by atoms with Crippen LogP contribution in [0.1, 0.15) is 30.1 Å². The first-order valence-electron chi connectivity index (χ1n) is 7.83. The molecule has 0 saturated heterocycles. The minimum Gasteiger partial charge on any atom is -0.348 e. The number of hydrogen-bond acceptors (Lipinski definition) is 4. The van der Waals surface area contributed by atoms with Crippen molar-refractivity contribution in [3.63, 3.8) is 0 Å². The molecule has 2 aromatic rings. The topological polar surface area (TPSA) is 110 Å². The van der Waals surface area contributed by atoms with Crippen LogP contribution >= 0.6 is 0 Å². The largest absolute Gasteiger partial charge is 0.348 e. The number of aromatic nitrogens is 2. The standard InChI is InChI=1S/C16H20N4O3/c1-2-20-15(22)11-6-5-10(7-12(11)19-16(20)23)14(21)18-13(8-17)9-3-4-9/h5-7,9,13H,2-4,8,17H2,1H3,(H,18,21)(H,19,23). The van der Waals surface area contributed by atoms with Crippen molar-refractivity contribution in [3.8, 4) is 0 Å². The minimum atomic E-state index is -0.472. The van der Waals surface area contributed by atoms with Gasteiger partial charge in [-0.25, -0.2) is 4.79 Å². The molecule has 1 aromatic heterocycles. The van der Waals surface area contributed by atoms with Crippen LogP contribution in [-0.4, -0.2) is 28.0 Å². The Balaban J connectivity index is 1.95. The van der Waals surface area contributed by atoms with Gasteiger partial charge in [-0.15, -0.1) is 0 Å². The number of nitrogens with two attached hydrogens (primary N) is 1. The molecule has 7 heteroatoms. The highest BCUT2D eigenvalue weighted by atomic mass is 16.2. The van der Waals surface area contributed by atoms with Crippen LogP contribution in [0.25, 0.3) is 10.9 Å². The number of H-pyrrole nitrogens is 1. The van der Waals surface area contributed by atoms with Crippen molar-refractivity contribution in [1.82, 2.24) is 14.9 Å². The molecule has 1 aromatic carbocycles. The van der Waals surface area contributed by atoms with Gasteiger partial charge in [0.15, 0.2) is 0 Å². The van der Waals surface area contributed by atoms with E-state index in [1.807, 2.05) is 0 Å². The van der Waals surface area contributed by atoms with Gasteiger partial charge in [0.25, 0.3) is 11.5 Å². The summed E-state index contributed by atoms with van der Waals surface area (Å²) in [6.45, 7) is 2.43. The molecular formula is C16H20N4O3. The fraction of sp³-hybridized carbons (Fsp3) is 0.438. The maximum absolute atomic E-state index is 12.3. The molecule has 122 valence electrons. The summed E-state index contributed by atoms with van der Waals surface area (Å²) in [4.78, 5) is 39.1. The predicted octanol–water partition coefficient (Wildman–Crippen LogP) is 0.177. The van der Waals surface area contributed by atoms with Gasteiger partial charge in [0.2, 0.25) is 0 Å². The smallest absolute Gasteiger partial charge is 0.328 e. The highest BCUT2D eigenvalue weighted by molar-refractivity contribution is 5.97. The van der Waals surface area contributed by atoms with Crippen molar-refractivity contribution < 1.29 is 4.79 Å². The van der Waals surface area contributed by atoms with Crippen LogP contribution in [0.5, 0.6) is 0 Å². The number of carbonyl (C=O) groups excluding carboxylic acids is 1. The molecule has 7 nitrogen and oxygen atoms in total. The molecule has 0 spiro atoms. The summed E-state index contributed by atoms with van der Waals surface area (Å²) < 4.78 is 1.12. The van der Waals surface area contributed by atoms with Crippen LogP contribution in [0.3, 0.4) is 0 Å². The van der Waals surface area contributed by atoms with Crippen LogP contribution in [0.15, 0.2) is 27.8 Å². The maximum atomic E-state index is 12.3. The number of nitrogens with one attached hydrogen (secondary N) is 2. The van der Waals surface area contributed by atoms with Gasteiger partial charge in [-0.2, -0.15) is 0 Å². The van der Waals surface area contributed by atoms with E-state index in [2.05, 4.69) is 10.3 Å². The van der Waals surface area contributed by atoms with Crippen LogP contribution in [0.2, 0.25) is 0 Å². The highest BCUT2D eigenvalue weighted by Gasteiger charge is 2.31. The number of rotatable bonds is 5. The van der Waals surface area contributed by atoms with E-state index in [1.54, 1.807) is 19.1 Å².